The quantitative estimate of drug-likeness (QED) is 0.510. The summed E-state index contributed by atoms with van der Waals surface area (Å²) in [5, 5.41) is 10.2. The molecule has 0 aliphatic carbocycles. The number of methoxy groups -OCH3 is 2. The lowest BCUT2D eigenvalue weighted by atomic mass is 9.79. The number of thioether (sulfide) groups is 1. The van der Waals surface area contributed by atoms with Crippen LogP contribution in [0.3, 0.4) is 0 Å². The molecule has 1 fully saturated rings. The molecule has 0 amide bonds. The molecule has 3 atom stereocenters. The van der Waals surface area contributed by atoms with Gasteiger partial charge in [-0.05, 0) is 13.0 Å². The van der Waals surface area contributed by atoms with Crippen LogP contribution in [0.25, 0.3) is 11.0 Å². The van der Waals surface area contributed by atoms with Gasteiger partial charge >= 0.3 is 18.3 Å². The molecule has 0 spiro atoms. The number of carbonyl (C=O) groups excluding carboxylic acids is 1. The number of furan rings is 1. The van der Waals surface area contributed by atoms with Gasteiger partial charge in [0.25, 0.3) is 0 Å². The van der Waals surface area contributed by atoms with Gasteiger partial charge < -0.3 is 28.5 Å². The largest absolute Gasteiger partial charge is 0.495 e. The summed E-state index contributed by atoms with van der Waals surface area (Å²) in [5.74, 6) is -6.47. The summed E-state index contributed by atoms with van der Waals surface area (Å²) in [4.78, 5) is 9.65. The molecule has 3 heterocycles. The number of esters is 1. The standard InChI is InChI=1S/C19H18F4O7S/c1-4-28-15(24)14-17(25)7-18(31-14,19(22,23)16(20)21)30-12-9(17)10(26-2)8-5-6-29-11(8)13(12)27-3/h5-6,14,16,25H,4,7H2,1-3H3/t14-,17+,18-/m0/s1. The monoisotopic (exact) mass is 466 g/mol. The van der Waals surface area contributed by atoms with Crippen molar-refractivity contribution < 1.29 is 50.8 Å². The molecule has 1 aromatic heterocycles. The maximum Gasteiger partial charge on any atom is 0.355 e. The number of rotatable bonds is 6. The first-order valence-corrected chi connectivity index (χ1v) is 10.0. The van der Waals surface area contributed by atoms with Crippen molar-refractivity contribution in [2.45, 2.75) is 41.5 Å². The Bertz CT molecular complexity index is 1040. The second-order valence-electron chi connectivity index (χ2n) is 7.06. The zero-order valence-corrected chi connectivity index (χ0v) is 17.4. The van der Waals surface area contributed by atoms with E-state index in [1.165, 1.54) is 33.5 Å². The number of hydrogen-bond donors (Lipinski definition) is 1. The first-order valence-electron chi connectivity index (χ1n) is 9.15. The molecule has 2 aliphatic heterocycles. The summed E-state index contributed by atoms with van der Waals surface area (Å²) in [7, 11) is 2.46. The van der Waals surface area contributed by atoms with Crippen LogP contribution >= 0.6 is 11.8 Å². The van der Waals surface area contributed by atoms with Gasteiger partial charge in [-0.2, -0.15) is 8.78 Å². The zero-order valence-electron chi connectivity index (χ0n) is 16.5. The van der Waals surface area contributed by atoms with Crippen molar-refractivity contribution in [2.24, 2.45) is 0 Å². The number of halogens is 4. The second-order valence-corrected chi connectivity index (χ2v) is 8.43. The minimum Gasteiger partial charge on any atom is -0.495 e. The molecular weight excluding hydrogens is 448 g/mol. The van der Waals surface area contributed by atoms with E-state index in [-0.39, 0.29) is 41.0 Å². The third-order valence-corrected chi connectivity index (χ3v) is 7.11. The zero-order chi connectivity index (χ0) is 22.8. The van der Waals surface area contributed by atoms with Crippen molar-refractivity contribution in [2.75, 3.05) is 20.8 Å². The lowest BCUT2D eigenvalue weighted by Gasteiger charge is -2.42. The molecule has 4 rings (SSSR count). The van der Waals surface area contributed by atoms with Crippen molar-refractivity contribution >= 4 is 28.7 Å². The van der Waals surface area contributed by atoms with Gasteiger partial charge in [-0.1, -0.05) is 11.8 Å². The minimum atomic E-state index is -4.74. The van der Waals surface area contributed by atoms with E-state index in [1.54, 1.807) is 0 Å². The Labute approximate surface area is 177 Å². The molecule has 2 aliphatic rings. The fourth-order valence-corrected chi connectivity index (χ4v) is 5.74. The fraction of sp³-hybridized carbons (Fsp3) is 0.526. The Morgan fingerprint density at radius 1 is 1.35 bits per heavy atom. The maximum absolute atomic E-state index is 14.8. The van der Waals surface area contributed by atoms with E-state index in [9.17, 15) is 27.5 Å². The van der Waals surface area contributed by atoms with Crippen LogP contribution in [-0.4, -0.2) is 54.4 Å². The topological polar surface area (TPSA) is 87.4 Å². The molecule has 31 heavy (non-hydrogen) atoms. The molecule has 1 N–H and O–H groups in total. The summed E-state index contributed by atoms with van der Waals surface area (Å²) in [6.07, 6.45) is -3.88. The van der Waals surface area contributed by atoms with Gasteiger partial charge in [-0.3, -0.25) is 4.79 Å². The van der Waals surface area contributed by atoms with Crippen molar-refractivity contribution in [1.29, 1.82) is 0 Å². The molecule has 12 heteroatoms. The van der Waals surface area contributed by atoms with Crippen LogP contribution in [0.15, 0.2) is 16.7 Å². The minimum absolute atomic E-state index is 0.0205. The molecule has 7 nitrogen and oxygen atoms in total. The van der Waals surface area contributed by atoms with Gasteiger partial charge in [0.1, 0.15) is 16.6 Å². The number of hydrogen-bond acceptors (Lipinski definition) is 8. The van der Waals surface area contributed by atoms with Crippen molar-refractivity contribution in [1.82, 2.24) is 0 Å². The molecule has 1 aromatic carbocycles. The van der Waals surface area contributed by atoms with E-state index >= 15 is 0 Å². The van der Waals surface area contributed by atoms with Crippen LogP contribution in [0.5, 0.6) is 17.2 Å². The number of ether oxygens (including phenoxy) is 4. The van der Waals surface area contributed by atoms with Gasteiger partial charge in [0.2, 0.25) is 10.7 Å². The van der Waals surface area contributed by atoms with E-state index in [4.69, 9.17) is 23.4 Å². The summed E-state index contributed by atoms with van der Waals surface area (Å²) in [6, 6.07) is 1.48. The van der Waals surface area contributed by atoms with Crippen molar-refractivity contribution in [3.63, 3.8) is 0 Å². The lowest BCUT2D eigenvalue weighted by Crippen LogP contribution is -2.56. The highest BCUT2D eigenvalue weighted by atomic mass is 32.2. The SMILES string of the molecule is CCOC(=O)[C@@H]1S[C@]2(C(F)(F)C(F)F)C[C@@]1(O)c1c(c(OC)c3occc3c1OC)O2. The van der Waals surface area contributed by atoms with Crippen LogP contribution in [0.1, 0.15) is 18.9 Å². The Hall–Kier alpha value is -2.34. The molecule has 2 bridgehead atoms. The predicted molar refractivity (Wildman–Crippen MR) is 100 cm³/mol. The number of alkyl halides is 4. The first-order chi connectivity index (χ1) is 14.6. The molecule has 2 aromatic rings. The average molecular weight is 466 g/mol. The summed E-state index contributed by atoms with van der Waals surface area (Å²) >= 11 is 0.0965. The third-order valence-electron chi connectivity index (χ3n) is 5.41. The van der Waals surface area contributed by atoms with E-state index in [1.807, 2.05) is 0 Å². The Morgan fingerprint density at radius 3 is 2.61 bits per heavy atom. The number of aliphatic hydroxyl groups is 1. The van der Waals surface area contributed by atoms with Gasteiger partial charge in [-0.25, -0.2) is 8.78 Å². The Kier molecular flexibility index (Phi) is 5.00. The highest BCUT2D eigenvalue weighted by molar-refractivity contribution is 8.02. The van der Waals surface area contributed by atoms with E-state index in [0.29, 0.717) is 5.39 Å². The Balaban J connectivity index is 2.07. The van der Waals surface area contributed by atoms with Gasteiger partial charge in [0, 0.05) is 6.42 Å². The average Bonchev–Trinajstić information content (AvgIpc) is 3.28. The maximum atomic E-state index is 14.8. The van der Waals surface area contributed by atoms with Crippen LogP contribution in [0.2, 0.25) is 0 Å². The highest BCUT2D eigenvalue weighted by Crippen LogP contribution is 2.69. The molecular formula is C19H18F4O7S. The number of carbonyl (C=O) groups is 1. The van der Waals surface area contributed by atoms with Gasteiger partial charge in [-0.15, -0.1) is 0 Å². The van der Waals surface area contributed by atoms with Crippen LogP contribution in [-0.2, 0) is 15.1 Å². The lowest BCUT2D eigenvalue weighted by molar-refractivity contribution is -0.213. The van der Waals surface area contributed by atoms with Crippen molar-refractivity contribution in [3.8, 4) is 17.2 Å². The third kappa shape index (κ3) is 2.73. The van der Waals surface area contributed by atoms with Gasteiger partial charge in [0.05, 0.1) is 38.0 Å². The summed E-state index contributed by atoms with van der Waals surface area (Å²) < 4.78 is 83.0. The highest BCUT2D eigenvalue weighted by Gasteiger charge is 2.76. The van der Waals surface area contributed by atoms with Crippen molar-refractivity contribution in [3.05, 3.63) is 17.9 Å². The van der Waals surface area contributed by atoms with E-state index in [2.05, 4.69) is 0 Å². The van der Waals surface area contributed by atoms with E-state index < -0.39 is 46.3 Å². The summed E-state index contributed by atoms with van der Waals surface area (Å²) in [5.41, 5.74) is -2.52. The molecule has 0 unspecified atom stereocenters. The molecule has 1 saturated heterocycles. The van der Waals surface area contributed by atoms with Crippen LogP contribution in [0, 0.1) is 0 Å². The smallest absolute Gasteiger partial charge is 0.355 e. The van der Waals surface area contributed by atoms with Gasteiger partial charge in [0.15, 0.2) is 11.3 Å². The number of benzene rings is 1. The normalized spacial score (nSPS) is 27.2. The summed E-state index contributed by atoms with van der Waals surface area (Å²) in [6.45, 7) is 1.37. The van der Waals surface area contributed by atoms with E-state index in [0.717, 1.165) is 0 Å². The fourth-order valence-electron chi connectivity index (χ4n) is 4.12. The Morgan fingerprint density at radius 2 is 2.03 bits per heavy atom. The first kappa shape index (κ1) is 21.9. The molecule has 0 saturated carbocycles. The second kappa shape index (κ2) is 7.09. The molecule has 0 radical (unpaired) electrons. The predicted octanol–water partition coefficient (Wildman–Crippen LogP) is 3.70. The van der Waals surface area contributed by atoms with Crippen LogP contribution in [0.4, 0.5) is 17.6 Å². The molecule has 170 valence electrons. The number of fused-ring (bicyclic) bond motifs is 5. The van der Waals surface area contributed by atoms with Crippen LogP contribution < -0.4 is 14.2 Å².